The fourth-order valence-electron chi connectivity index (χ4n) is 3.89. The number of aromatic amines is 1. The molecule has 124 valence electrons. The van der Waals surface area contributed by atoms with Gasteiger partial charge in [-0.15, -0.1) is 0 Å². The van der Waals surface area contributed by atoms with Gasteiger partial charge in [0, 0.05) is 23.5 Å². The van der Waals surface area contributed by atoms with E-state index in [4.69, 9.17) is 5.73 Å². The number of pyridine rings is 1. The zero-order valence-corrected chi connectivity index (χ0v) is 13.6. The summed E-state index contributed by atoms with van der Waals surface area (Å²) in [4.78, 5) is 4.31. The summed E-state index contributed by atoms with van der Waals surface area (Å²) in [5, 5.41) is 17.9. The second-order valence-electron chi connectivity index (χ2n) is 6.79. The van der Waals surface area contributed by atoms with Crippen LogP contribution in [0.1, 0.15) is 31.2 Å². The first-order chi connectivity index (χ1) is 11.7. The van der Waals surface area contributed by atoms with Crippen molar-refractivity contribution in [1.82, 2.24) is 15.2 Å². The molecule has 0 atom stereocenters. The van der Waals surface area contributed by atoms with Crippen LogP contribution >= 0.6 is 0 Å². The molecule has 1 aromatic carbocycles. The Morgan fingerprint density at radius 3 is 2.88 bits per heavy atom. The predicted molar refractivity (Wildman–Crippen MR) is 94.5 cm³/mol. The van der Waals surface area contributed by atoms with Crippen LogP contribution in [0.15, 0.2) is 42.7 Å². The molecule has 2 aromatic heterocycles. The summed E-state index contributed by atoms with van der Waals surface area (Å²) in [6.45, 7) is 0.612. The van der Waals surface area contributed by atoms with Crippen molar-refractivity contribution in [2.24, 2.45) is 5.73 Å². The number of hydrogen-bond donors (Lipinski definition) is 3. The van der Waals surface area contributed by atoms with Gasteiger partial charge in [0.1, 0.15) is 0 Å². The van der Waals surface area contributed by atoms with E-state index in [0.29, 0.717) is 6.54 Å². The van der Waals surface area contributed by atoms with Crippen molar-refractivity contribution in [1.29, 1.82) is 0 Å². The third kappa shape index (κ3) is 2.50. The van der Waals surface area contributed by atoms with Gasteiger partial charge in [-0.3, -0.25) is 5.10 Å². The molecule has 1 aliphatic rings. The third-order valence-electron chi connectivity index (χ3n) is 5.44. The highest BCUT2D eigenvalue weighted by molar-refractivity contribution is 5.92. The van der Waals surface area contributed by atoms with Gasteiger partial charge in [-0.05, 0) is 48.4 Å². The summed E-state index contributed by atoms with van der Waals surface area (Å²) in [5.74, 6) is 0. The first-order valence-corrected chi connectivity index (χ1v) is 8.49. The molecule has 1 fully saturated rings. The minimum Gasteiger partial charge on any atom is -0.393 e. The van der Waals surface area contributed by atoms with Crippen LogP contribution in [0.4, 0.5) is 0 Å². The average Bonchev–Trinajstić information content (AvgIpc) is 3.11. The zero-order valence-electron chi connectivity index (χ0n) is 13.6. The Bertz CT molecular complexity index is 849. The van der Waals surface area contributed by atoms with E-state index in [0.717, 1.165) is 47.8 Å². The number of nitrogens with zero attached hydrogens (tertiary/aromatic N) is 2. The fourth-order valence-corrected chi connectivity index (χ4v) is 3.89. The molecule has 0 radical (unpaired) electrons. The van der Waals surface area contributed by atoms with Gasteiger partial charge in [-0.1, -0.05) is 24.3 Å². The van der Waals surface area contributed by atoms with Crippen LogP contribution in [-0.4, -0.2) is 32.9 Å². The Hall–Kier alpha value is -2.24. The molecule has 0 spiro atoms. The zero-order chi connectivity index (χ0) is 16.6. The molecular weight excluding hydrogens is 300 g/mol. The molecular formula is C19H22N4O. The summed E-state index contributed by atoms with van der Waals surface area (Å²) in [5.41, 5.74) is 10.5. The highest BCUT2D eigenvalue weighted by atomic mass is 16.3. The second kappa shape index (κ2) is 6.00. The van der Waals surface area contributed by atoms with Crippen LogP contribution in [0.2, 0.25) is 0 Å². The van der Waals surface area contributed by atoms with E-state index >= 15 is 0 Å². The molecule has 4 N–H and O–H groups in total. The predicted octanol–water partition coefficient (Wildman–Crippen LogP) is 2.76. The average molecular weight is 322 g/mol. The lowest BCUT2D eigenvalue weighted by Gasteiger charge is -2.38. The SMILES string of the molecule is NC[C@]1(c2cccc(-c3ccnc4[nH]ncc34)c2)CC[C@H](O)CC1. The molecule has 0 unspecified atom stereocenters. The first kappa shape index (κ1) is 15.3. The molecule has 5 nitrogen and oxygen atoms in total. The molecule has 0 bridgehead atoms. The molecule has 0 amide bonds. The topological polar surface area (TPSA) is 87.8 Å². The summed E-state index contributed by atoms with van der Waals surface area (Å²) < 4.78 is 0. The highest BCUT2D eigenvalue weighted by Crippen LogP contribution is 2.40. The quantitative estimate of drug-likeness (QED) is 0.692. The molecule has 4 rings (SSSR count). The lowest BCUT2D eigenvalue weighted by atomic mass is 9.68. The van der Waals surface area contributed by atoms with Crippen LogP contribution in [-0.2, 0) is 5.41 Å². The number of rotatable bonds is 3. The van der Waals surface area contributed by atoms with Crippen molar-refractivity contribution in [3.05, 3.63) is 48.3 Å². The maximum atomic E-state index is 9.85. The molecule has 2 heterocycles. The molecule has 24 heavy (non-hydrogen) atoms. The lowest BCUT2D eigenvalue weighted by molar-refractivity contribution is 0.0975. The third-order valence-corrected chi connectivity index (χ3v) is 5.44. The van der Waals surface area contributed by atoms with Crippen LogP contribution < -0.4 is 5.73 Å². The molecule has 0 saturated heterocycles. The molecule has 5 heteroatoms. The van der Waals surface area contributed by atoms with Gasteiger partial charge in [0.15, 0.2) is 5.65 Å². The summed E-state index contributed by atoms with van der Waals surface area (Å²) >= 11 is 0. The highest BCUT2D eigenvalue weighted by Gasteiger charge is 2.35. The van der Waals surface area contributed by atoms with Gasteiger partial charge in [0.25, 0.3) is 0 Å². The van der Waals surface area contributed by atoms with E-state index in [9.17, 15) is 5.11 Å². The Morgan fingerprint density at radius 2 is 2.08 bits per heavy atom. The smallest absolute Gasteiger partial charge is 0.155 e. The number of hydrogen-bond acceptors (Lipinski definition) is 4. The van der Waals surface area contributed by atoms with Crippen molar-refractivity contribution in [3.63, 3.8) is 0 Å². The van der Waals surface area contributed by atoms with E-state index in [-0.39, 0.29) is 11.5 Å². The number of H-pyrrole nitrogens is 1. The Labute approximate surface area is 140 Å². The Morgan fingerprint density at radius 1 is 1.25 bits per heavy atom. The largest absolute Gasteiger partial charge is 0.393 e. The van der Waals surface area contributed by atoms with Gasteiger partial charge in [0.2, 0.25) is 0 Å². The normalized spacial score (nSPS) is 24.3. The first-order valence-electron chi connectivity index (χ1n) is 8.49. The lowest BCUT2D eigenvalue weighted by Crippen LogP contribution is -2.40. The molecule has 3 aromatic rings. The van der Waals surface area contributed by atoms with Crippen molar-refractivity contribution in [3.8, 4) is 11.1 Å². The van der Waals surface area contributed by atoms with Crippen molar-refractivity contribution < 1.29 is 5.11 Å². The molecule has 0 aliphatic heterocycles. The number of nitrogens with two attached hydrogens (primary N) is 1. The molecule has 1 aliphatic carbocycles. The monoisotopic (exact) mass is 322 g/mol. The second-order valence-corrected chi connectivity index (χ2v) is 6.79. The van der Waals surface area contributed by atoms with E-state index in [2.05, 4.69) is 39.4 Å². The van der Waals surface area contributed by atoms with Crippen molar-refractivity contribution >= 4 is 11.0 Å². The molecule has 1 saturated carbocycles. The number of aliphatic hydroxyl groups excluding tert-OH is 1. The number of benzene rings is 1. The van der Waals surface area contributed by atoms with Crippen LogP contribution in [0, 0.1) is 0 Å². The van der Waals surface area contributed by atoms with Gasteiger partial charge in [0.05, 0.1) is 12.3 Å². The van der Waals surface area contributed by atoms with Crippen molar-refractivity contribution in [2.45, 2.75) is 37.2 Å². The van der Waals surface area contributed by atoms with E-state index < -0.39 is 0 Å². The van der Waals surface area contributed by atoms with Crippen LogP contribution in [0.25, 0.3) is 22.2 Å². The maximum Gasteiger partial charge on any atom is 0.155 e. The Kier molecular flexibility index (Phi) is 3.82. The minimum absolute atomic E-state index is 0.0300. The number of aliphatic hydroxyl groups is 1. The number of nitrogens with one attached hydrogen (secondary N) is 1. The van der Waals surface area contributed by atoms with Crippen LogP contribution in [0.3, 0.4) is 0 Å². The summed E-state index contributed by atoms with van der Waals surface area (Å²) in [6, 6.07) is 10.7. The van der Waals surface area contributed by atoms with Gasteiger partial charge in [-0.2, -0.15) is 5.10 Å². The van der Waals surface area contributed by atoms with Gasteiger partial charge in [-0.25, -0.2) is 4.98 Å². The number of aromatic nitrogens is 3. The van der Waals surface area contributed by atoms with Gasteiger partial charge < -0.3 is 10.8 Å². The van der Waals surface area contributed by atoms with E-state index in [1.165, 1.54) is 5.56 Å². The summed E-state index contributed by atoms with van der Waals surface area (Å²) in [7, 11) is 0. The number of fused-ring (bicyclic) bond motifs is 1. The maximum absolute atomic E-state index is 9.85. The Balaban J connectivity index is 1.78. The van der Waals surface area contributed by atoms with Gasteiger partial charge >= 0.3 is 0 Å². The van der Waals surface area contributed by atoms with E-state index in [1.807, 2.05) is 12.3 Å². The van der Waals surface area contributed by atoms with Crippen molar-refractivity contribution in [2.75, 3.05) is 6.54 Å². The summed E-state index contributed by atoms with van der Waals surface area (Å²) in [6.07, 6.45) is 6.96. The standard InChI is InChI=1S/C19H22N4O/c20-12-19(7-4-15(24)5-8-19)14-3-1-2-13(10-14)16-6-9-21-18-17(16)11-22-23-18/h1-3,6,9-11,15,24H,4-5,7-8,12,20H2,(H,21,22,23)/t15-,19-. The van der Waals surface area contributed by atoms with E-state index in [1.54, 1.807) is 6.20 Å². The van der Waals surface area contributed by atoms with Crippen LogP contribution in [0.5, 0.6) is 0 Å². The minimum atomic E-state index is -0.182. The fraction of sp³-hybridized carbons (Fsp3) is 0.368.